The number of piperidine rings is 1. The van der Waals surface area contributed by atoms with Gasteiger partial charge in [-0.05, 0) is 19.8 Å². The zero-order valence-electron chi connectivity index (χ0n) is 12.7. The Kier molecular flexibility index (Phi) is 4.42. The largest absolute Gasteiger partial charge is 0.353 e. The molecule has 1 atom stereocenters. The average molecular weight is 277 g/mol. The normalized spacial score (nSPS) is 18.8. The van der Waals surface area contributed by atoms with Gasteiger partial charge in [-0.1, -0.05) is 0 Å². The van der Waals surface area contributed by atoms with Gasteiger partial charge in [-0.25, -0.2) is 9.78 Å². The minimum Gasteiger partial charge on any atom is -0.353 e. The van der Waals surface area contributed by atoms with Gasteiger partial charge < -0.3 is 14.7 Å². The Hall–Kier alpha value is -1.85. The molecule has 2 heterocycles. The van der Waals surface area contributed by atoms with Crippen molar-refractivity contribution in [3.8, 4) is 0 Å². The third kappa shape index (κ3) is 3.18. The molecule has 0 bridgehead atoms. The molecule has 0 saturated carbocycles. The van der Waals surface area contributed by atoms with Gasteiger partial charge in [0.05, 0.1) is 17.9 Å². The summed E-state index contributed by atoms with van der Waals surface area (Å²) in [5.41, 5.74) is 0.919. The summed E-state index contributed by atoms with van der Waals surface area (Å²) in [6, 6.07) is 0.271. The van der Waals surface area contributed by atoms with Crippen molar-refractivity contribution >= 4 is 11.8 Å². The molecule has 20 heavy (non-hydrogen) atoms. The fraction of sp³-hybridized carbons (Fsp3) is 0.643. The van der Waals surface area contributed by atoms with E-state index in [9.17, 15) is 4.79 Å². The van der Waals surface area contributed by atoms with E-state index in [0.29, 0.717) is 0 Å². The van der Waals surface area contributed by atoms with Crippen molar-refractivity contribution in [2.24, 2.45) is 0 Å². The number of aromatic nitrogens is 2. The Labute approximate surface area is 120 Å². The molecule has 0 aromatic carbocycles. The highest BCUT2D eigenvalue weighted by Gasteiger charge is 2.27. The number of nitrogens with zero attached hydrogens (tertiary/aromatic N) is 5. The second kappa shape index (κ2) is 6.07. The van der Waals surface area contributed by atoms with Gasteiger partial charge in [0, 0.05) is 40.4 Å². The lowest BCUT2D eigenvalue weighted by Crippen LogP contribution is -2.51. The van der Waals surface area contributed by atoms with Crippen LogP contribution in [-0.2, 0) is 0 Å². The number of aryl methyl sites for hydroxylation is 1. The number of hydrogen-bond donors (Lipinski definition) is 0. The second-order valence-corrected chi connectivity index (χ2v) is 5.55. The topological polar surface area (TPSA) is 52.6 Å². The Morgan fingerprint density at radius 1 is 1.35 bits per heavy atom. The van der Waals surface area contributed by atoms with Gasteiger partial charge in [0.1, 0.15) is 5.82 Å². The summed E-state index contributed by atoms with van der Waals surface area (Å²) in [7, 11) is 5.44. The van der Waals surface area contributed by atoms with Crippen LogP contribution in [0.15, 0.2) is 12.4 Å². The van der Waals surface area contributed by atoms with Gasteiger partial charge in [0.25, 0.3) is 0 Å². The monoisotopic (exact) mass is 277 g/mol. The fourth-order valence-electron chi connectivity index (χ4n) is 2.55. The van der Waals surface area contributed by atoms with Gasteiger partial charge in [0.2, 0.25) is 0 Å². The molecule has 1 aromatic rings. The Bertz CT molecular complexity index is 476. The van der Waals surface area contributed by atoms with Gasteiger partial charge in [0.15, 0.2) is 0 Å². The lowest BCUT2D eigenvalue weighted by Gasteiger charge is -2.38. The molecule has 2 amide bonds. The summed E-state index contributed by atoms with van der Waals surface area (Å²) in [6.07, 6.45) is 5.65. The number of amides is 2. The van der Waals surface area contributed by atoms with Crippen molar-refractivity contribution in [3.05, 3.63) is 18.1 Å². The maximum atomic E-state index is 12.0. The highest BCUT2D eigenvalue weighted by Crippen LogP contribution is 2.20. The molecular formula is C14H23N5O. The number of anilines is 1. The number of urea groups is 1. The van der Waals surface area contributed by atoms with E-state index in [0.717, 1.165) is 37.4 Å². The predicted octanol–water partition coefficient (Wildman–Crippen LogP) is 1.37. The molecule has 0 N–H and O–H groups in total. The van der Waals surface area contributed by atoms with E-state index in [-0.39, 0.29) is 12.1 Å². The Morgan fingerprint density at radius 2 is 2.10 bits per heavy atom. The van der Waals surface area contributed by atoms with E-state index in [1.807, 2.05) is 18.9 Å². The molecule has 0 radical (unpaired) electrons. The number of carbonyl (C=O) groups is 1. The molecule has 110 valence electrons. The lowest BCUT2D eigenvalue weighted by molar-refractivity contribution is 0.157. The fourth-order valence-corrected chi connectivity index (χ4v) is 2.55. The van der Waals surface area contributed by atoms with E-state index in [2.05, 4.69) is 14.9 Å². The molecule has 0 spiro atoms. The van der Waals surface area contributed by atoms with Crippen molar-refractivity contribution < 1.29 is 4.79 Å². The van der Waals surface area contributed by atoms with Crippen molar-refractivity contribution in [1.82, 2.24) is 19.8 Å². The van der Waals surface area contributed by atoms with Crippen molar-refractivity contribution in [1.29, 1.82) is 0 Å². The van der Waals surface area contributed by atoms with Crippen molar-refractivity contribution in [2.75, 3.05) is 39.1 Å². The van der Waals surface area contributed by atoms with Crippen LogP contribution >= 0.6 is 0 Å². The molecular weight excluding hydrogens is 254 g/mol. The molecule has 1 aliphatic rings. The van der Waals surface area contributed by atoms with E-state index in [1.54, 1.807) is 31.4 Å². The Balaban J connectivity index is 2.07. The van der Waals surface area contributed by atoms with Crippen molar-refractivity contribution in [2.45, 2.75) is 25.8 Å². The highest BCUT2D eigenvalue weighted by atomic mass is 16.2. The molecule has 1 aromatic heterocycles. The van der Waals surface area contributed by atoms with Crippen LogP contribution < -0.4 is 4.90 Å². The van der Waals surface area contributed by atoms with Gasteiger partial charge in [-0.3, -0.25) is 4.98 Å². The number of likely N-dealkylation sites (N-methyl/N-ethyl adjacent to an activating group) is 1. The first kappa shape index (κ1) is 14.6. The van der Waals surface area contributed by atoms with E-state index < -0.39 is 0 Å². The molecule has 1 fully saturated rings. The van der Waals surface area contributed by atoms with E-state index in [4.69, 9.17) is 0 Å². The second-order valence-electron chi connectivity index (χ2n) is 5.55. The van der Waals surface area contributed by atoms with Crippen LogP contribution in [0.5, 0.6) is 0 Å². The predicted molar refractivity (Wildman–Crippen MR) is 78.9 cm³/mol. The van der Waals surface area contributed by atoms with Crippen LogP contribution in [0.25, 0.3) is 0 Å². The minimum absolute atomic E-state index is 0.0483. The Morgan fingerprint density at radius 3 is 2.75 bits per heavy atom. The summed E-state index contributed by atoms with van der Waals surface area (Å²) in [4.78, 5) is 26.4. The molecule has 1 unspecified atom stereocenters. The molecule has 1 saturated heterocycles. The van der Waals surface area contributed by atoms with E-state index >= 15 is 0 Å². The van der Waals surface area contributed by atoms with Crippen LogP contribution in [0.3, 0.4) is 0 Å². The van der Waals surface area contributed by atoms with Gasteiger partial charge in [-0.2, -0.15) is 0 Å². The van der Waals surface area contributed by atoms with Crippen molar-refractivity contribution in [3.63, 3.8) is 0 Å². The number of hydrogen-bond acceptors (Lipinski definition) is 4. The van der Waals surface area contributed by atoms with Crippen LogP contribution in [-0.4, -0.2) is 66.1 Å². The highest BCUT2D eigenvalue weighted by molar-refractivity contribution is 5.74. The SMILES string of the molecule is Cc1cncc(N2CCCC(N(C)C(=O)N(C)C)C2)n1. The van der Waals surface area contributed by atoms with Gasteiger partial charge in [-0.15, -0.1) is 0 Å². The quantitative estimate of drug-likeness (QED) is 0.819. The van der Waals surface area contributed by atoms with Gasteiger partial charge >= 0.3 is 6.03 Å². The summed E-state index contributed by atoms with van der Waals surface area (Å²) in [5.74, 6) is 0.903. The molecule has 6 nitrogen and oxygen atoms in total. The van der Waals surface area contributed by atoms with Crippen LogP contribution in [0.1, 0.15) is 18.5 Å². The van der Waals surface area contributed by atoms with Crippen LogP contribution in [0, 0.1) is 6.92 Å². The maximum absolute atomic E-state index is 12.0. The minimum atomic E-state index is 0.0483. The molecule has 1 aliphatic heterocycles. The summed E-state index contributed by atoms with van der Waals surface area (Å²) < 4.78 is 0. The standard InChI is InChI=1S/C14H23N5O/c1-11-8-15-9-13(16-11)19-7-5-6-12(10-19)18(4)14(20)17(2)3/h8-9,12H,5-7,10H2,1-4H3. The third-order valence-electron chi connectivity index (χ3n) is 3.69. The summed E-state index contributed by atoms with van der Waals surface area (Å²) >= 11 is 0. The third-order valence-corrected chi connectivity index (χ3v) is 3.69. The molecule has 0 aliphatic carbocycles. The first-order valence-corrected chi connectivity index (χ1v) is 6.96. The van der Waals surface area contributed by atoms with Crippen LogP contribution in [0.2, 0.25) is 0 Å². The van der Waals surface area contributed by atoms with E-state index in [1.165, 1.54) is 0 Å². The molecule has 2 rings (SSSR count). The van der Waals surface area contributed by atoms with Crippen LogP contribution in [0.4, 0.5) is 10.6 Å². The molecule has 6 heteroatoms. The maximum Gasteiger partial charge on any atom is 0.319 e. The first-order valence-electron chi connectivity index (χ1n) is 6.96. The number of rotatable bonds is 2. The number of carbonyl (C=O) groups excluding carboxylic acids is 1. The summed E-state index contributed by atoms with van der Waals surface area (Å²) in [6.45, 7) is 3.73. The smallest absolute Gasteiger partial charge is 0.319 e. The zero-order valence-corrected chi connectivity index (χ0v) is 12.7. The summed E-state index contributed by atoms with van der Waals surface area (Å²) in [5, 5.41) is 0. The first-order chi connectivity index (χ1) is 9.49. The zero-order chi connectivity index (χ0) is 14.7. The average Bonchev–Trinajstić information content (AvgIpc) is 2.45. The lowest BCUT2D eigenvalue weighted by atomic mass is 10.0.